The van der Waals surface area contributed by atoms with Gasteiger partial charge in [-0.25, -0.2) is 4.79 Å². The summed E-state index contributed by atoms with van der Waals surface area (Å²) in [4.78, 5) is 36.8. The van der Waals surface area contributed by atoms with Gasteiger partial charge in [0.05, 0.1) is 23.7 Å². The number of carbonyl (C=O) groups excluding carboxylic acids is 2. The molecular weight excluding hydrogens is 630 g/mol. The van der Waals surface area contributed by atoms with Gasteiger partial charge in [0.25, 0.3) is 0 Å². The number of benzene rings is 3. The minimum atomic E-state index is -0.745. The van der Waals surface area contributed by atoms with Gasteiger partial charge in [0.1, 0.15) is 11.5 Å². The van der Waals surface area contributed by atoms with Crippen LogP contribution >= 0.6 is 0 Å². The summed E-state index contributed by atoms with van der Waals surface area (Å²) in [6.45, 7) is 5.71. The molecule has 8 nitrogen and oxygen atoms in total. The Bertz CT molecular complexity index is 1460. The van der Waals surface area contributed by atoms with Crippen LogP contribution in [0.2, 0.25) is 0 Å². The first-order valence-electron chi connectivity index (χ1n) is 18.6. The third-order valence-corrected chi connectivity index (χ3v) is 8.57. The molecule has 8 heteroatoms. The normalized spacial score (nSPS) is 11.1. The maximum atomic E-state index is 12.9. The summed E-state index contributed by atoms with van der Waals surface area (Å²) in [5, 5.41) is 11.8. The van der Waals surface area contributed by atoms with E-state index in [-0.39, 0.29) is 16.9 Å². The summed E-state index contributed by atoms with van der Waals surface area (Å²) < 4.78 is 17.0. The van der Waals surface area contributed by atoms with Gasteiger partial charge in [0, 0.05) is 11.6 Å². The summed E-state index contributed by atoms with van der Waals surface area (Å²) in [7, 11) is 0. The number of hydrogen-bond donors (Lipinski definition) is 0. The first-order valence-corrected chi connectivity index (χ1v) is 18.6. The molecule has 3 aromatic carbocycles. The number of hydrogen-bond acceptors (Lipinski definition) is 7. The quantitative estimate of drug-likeness (QED) is 0.0157. The highest BCUT2D eigenvalue weighted by molar-refractivity contribution is 6.07. The first-order chi connectivity index (χ1) is 24.4. The smallest absolute Gasteiger partial charge is 0.343 e. The molecule has 0 aliphatic heterocycles. The molecule has 0 aliphatic carbocycles. The minimum Gasteiger partial charge on any atom is -0.494 e. The van der Waals surface area contributed by atoms with Gasteiger partial charge < -0.3 is 14.2 Å². The Kier molecular flexibility index (Phi) is 19.0. The topological polar surface area (TPSA) is 105 Å². The van der Waals surface area contributed by atoms with Gasteiger partial charge in [-0.2, -0.15) is 0 Å². The molecule has 3 aromatic rings. The first kappa shape index (κ1) is 40.0. The average molecular weight is 686 g/mol. The van der Waals surface area contributed by atoms with Gasteiger partial charge in [-0.15, -0.1) is 0 Å². The highest BCUT2D eigenvalue weighted by atomic mass is 16.6. The minimum absolute atomic E-state index is 0.107. The van der Waals surface area contributed by atoms with Crippen LogP contribution in [0, 0.1) is 10.1 Å². The molecular formula is C42H55NO7. The number of ketones is 1. The van der Waals surface area contributed by atoms with E-state index in [0.717, 1.165) is 36.6 Å². The van der Waals surface area contributed by atoms with Crippen molar-refractivity contribution in [2.24, 2.45) is 0 Å². The standard InChI is InChI=1S/C42H55NO7/c1-3-5-7-9-11-12-13-14-16-18-31-48-37-25-19-34(20-26-37)21-29-40(44)36-24-30-41(39(33-36)43(46)47)50-42(45)35-22-27-38(28-23-35)49-32-17-15-10-8-6-4-2/h19-30,33H,3-18,31-32H2,1-2H3/b29-21+. The van der Waals surface area contributed by atoms with Crippen LogP contribution in [-0.2, 0) is 0 Å². The number of nitro groups is 1. The zero-order chi connectivity index (χ0) is 35.8. The molecule has 0 saturated heterocycles. The Labute approximate surface area is 298 Å². The van der Waals surface area contributed by atoms with E-state index in [0.29, 0.717) is 19.0 Å². The third kappa shape index (κ3) is 15.4. The van der Waals surface area contributed by atoms with E-state index in [9.17, 15) is 19.7 Å². The predicted octanol–water partition coefficient (Wildman–Crippen LogP) is 11.7. The van der Waals surface area contributed by atoms with Crippen molar-refractivity contribution in [3.05, 3.63) is 99.6 Å². The van der Waals surface area contributed by atoms with Crippen LogP contribution in [0.3, 0.4) is 0 Å². The second kappa shape index (κ2) is 23.8. The Morgan fingerprint density at radius 3 is 1.58 bits per heavy atom. The number of allylic oxidation sites excluding steroid dienone is 1. The van der Waals surface area contributed by atoms with Gasteiger partial charge in [-0.3, -0.25) is 14.9 Å². The Hall–Kier alpha value is -4.46. The van der Waals surface area contributed by atoms with Crippen molar-refractivity contribution in [1.29, 1.82) is 0 Å². The molecule has 270 valence electrons. The number of nitrogens with zero attached hydrogens (tertiary/aromatic N) is 1. The zero-order valence-corrected chi connectivity index (χ0v) is 30.0. The summed E-state index contributed by atoms with van der Waals surface area (Å²) in [6.07, 6.45) is 22.8. The third-order valence-electron chi connectivity index (χ3n) is 8.57. The molecule has 0 bridgehead atoms. The number of esters is 1. The van der Waals surface area contributed by atoms with Crippen molar-refractivity contribution >= 4 is 23.5 Å². The number of nitro benzene ring substituents is 1. The second-order valence-electron chi connectivity index (χ2n) is 12.8. The van der Waals surface area contributed by atoms with E-state index in [1.807, 2.05) is 24.3 Å². The summed E-state index contributed by atoms with van der Waals surface area (Å²) in [5.41, 5.74) is 0.657. The van der Waals surface area contributed by atoms with E-state index < -0.39 is 22.4 Å². The van der Waals surface area contributed by atoms with Gasteiger partial charge >= 0.3 is 11.7 Å². The lowest BCUT2D eigenvalue weighted by molar-refractivity contribution is -0.385. The van der Waals surface area contributed by atoms with Crippen molar-refractivity contribution < 1.29 is 28.7 Å². The monoisotopic (exact) mass is 685 g/mol. The lowest BCUT2D eigenvalue weighted by Gasteiger charge is -2.08. The predicted molar refractivity (Wildman–Crippen MR) is 201 cm³/mol. The summed E-state index contributed by atoms with van der Waals surface area (Å²) in [5.74, 6) is 0.0189. The van der Waals surface area contributed by atoms with Crippen molar-refractivity contribution in [3.63, 3.8) is 0 Å². The molecule has 0 aromatic heterocycles. The van der Waals surface area contributed by atoms with E-state index in [4.69, 9.17) is 14.2 Å². The fraction of sp³-hybridized carbons (Fsp3) is 0.476. The highest BCUT2D eigenvalue weighted by Gasteiger charge is 2.21. The molecule has 0 N–H and O–H groups in total. The van der Waals surface area contributed by atoms with Crippen LogP contribution in [0.25, 0.3) is 6.08 Å². The molecule has 50 heavy (non-hydrogen) atoms. The second-order valence-corrected chi connectivity index (χ2v) is 12.8. The van der Waals surface area contributed by atoms with Crippen molar-refractivity contribution in [2.75, 3.05) is 13.2 Å². The molecule has 0 spiro atoms. The van der Waals surface area contributed by atoms with E-state index >= 15 is 0 Å². The Morgan fingerprint density at radius 2 is 1.08 bits per heavy atom. The molecule has 0 saturated carbocycles. The van der Waals surface area contributed by atoms with Gasteiger partial charge in [-0.05, 0) is 73.0 Å². The molecule has 0 unspecified atom stereocenters. The maximum Gasteiger partial charge on any atom is 0.343 e. The molecule has 0 amide bonds. The fourth-order valence-corrected chi connectivity index (χ4v) is 5.54. The molecule has 0 radical (unpaired) electrons. The lowest BCUT2D eigenvalue weighted by atomic mass is 10.1. The highest BCUT2D eigenvalue weighted by Crippen LogP contribution is 2.29. The van der Waals surface area contributed by atoms with Crippen molar-refractivity contribution in [2.45, 2.75) is 117 Å². The largest absolute Gasteiger partial charge is 0.494 e. The average Bonchev–Trinajstić information content (AvgIpc) is 3.13. The Balaban J connectivity index is 1.43. The number of unbranched alkanes of at least 4 members (excludes halogenated alkanes) is 14. The van der Waals surface area contributed by atoms with Crippen molar-refractivity contribution in [3.8, 4) is 17.2 Å². The van der Waals surface area contributed by atoms with E-state index in [2.05, 4.69) is 13.8 Å². The Morgan fingerprint density at radius 1 is 0.620 bits per heavy atom. The van der Waals surface area contributed by atoms with Gasteiger partial charge in [0.15, 0.2) is 5.78 Å². The van der Waals surface area contributed by atoms with Crippen LogP contribution in [0.1, 0.15) is 143 Å². The zero-order valence-electron chi connectivity index (χ0n) is 30.0. The number of carbonyl (C=O) groups is 2. The maximum absolute atomic E-state index is 12.9. The number of rotatable bonds is 26. The van der Waals surface area contributed by atoms with Gasteiger partial charge in [0.2, 0.25) is 5.75 Å². The van der Waals surface area contributed by atoms with E-state index in [1.165, 1.54) is 102 Å². The van der Waals surface area contributed by atoms with Gasteiger partial charge in [-0.1, -0.05) is 122 Å². The molecule has 0 fully saturated rings. The van der Waals surface area contributed by atoms with Crippen LogP contribution in [0.5, 0.6) is 17.2 Å². The van der Waals surface area contributed by atoms with E-state index in [1.54, 1.807) is 30.3 Å². The summed E-state index contributed by atoms with van der Waals surface area (Å²) >= 11 is 0. The number of ether oxygens (including phenoxy) is 3. The van der Waals surface area contributed by atoms with Crippen molar-refractivity contribution in [1.82, 2.24) is 0 Å². The van der Waals surface area contributed by atoms with Crippen LogP contribution < -0.4 is 14.2 Å². The molecule has 0 heterocycles. The van der Waals surface area contributed by atoms with Crippen LogP contribution in [-0.4, -0.2) is 29.9 Å². The molecule has 0 aliphatic rings. The lowest BCUT2D eigenvalue weighted by Crippen LogP contribution is -2.10. The van der Waals surface area contributed by atoms with Crippen LogP contribution in [0.15, 0.2) is 72.8 Å². The fourth-order valence-electron chi connectivity index (χ4n) is 5.54. The van der Waals surface area contributed by atoms with Crippen LogP contribution in [0.4, 0.5) is 5.69 Å². The SMILES string of the molecule is CCCCCCCCCCCCOc1ccc(/C=C/C(=O)c2ccc(OC(=O)c3ccc(OCCCCCCCC)cc3)c([N+](=O)[O-])c2)cc1. The summed E-state index contributed by atoms with van der Waals surface area (Å²) in [6, 6.07) is 17.7. The molecule has 0 atom stereocenters. The molecule has 3 rings (SSSR count).